The van der Waals surface area contributed by atoms with Crippen molar-refractivity contribution in [2.75, 3.05) is 39.4 Å². The van der Waals surface area contributed by atoms with E-state index in [0.717, 1.165) is 13.1 Å². The van der Waals surface area contributed by atoms with E-state index in [1.165, 1.54) is 11.1 Å². The summed E-state index contributed by atoms with van der Waals surface area (Å²) >= 11 is 0. The first-order chi connectivity index (χ1) is 15.0. The van der Waals surface area contributed by atoms with E-state index in [1.807, 2.05) is 0 Å². The largest absolute Gasteiger partial charge is 0.507 e. The van der Waals surface area contributed by atoms with Crippen molar-refractivity contribution in [3.63, 3.8) is 0 Å². The molecular formula is C22H25N5O4. The number of morpholine rings is 1. The molecule has 1 unspecified atom stereocenters. The highest BCUT2D eigenvalue weighted by atomic mass is 16.5. The molecule has 1 amide bonds. The SMILES string of the molecule is Cc1ncc(/C(O)=C2\C(=O)C(=O)N(CCN3CCOCC3)C2c2ccccn2)c(C)n1. The molecule has 2 aliphatic heterocycles. The Hall–Kier alpha value is -3.17. The van der Waals surface area contributed by atoms with E-state index < -0.39 is 17.7 Å². The van der Waals surface area contributed by atoms with E-state index in [2.05, 4.69) is 19.9 Å². The van der Waals surface area contributed by atoms with Gasteiger partial charge in [-0.15, -0.1) is 0 Å². The number of hydrogen-bond acceptors (Lipinski definition) is 8. The highest BCUT2D eigenvalue weighted by Crippen LogP contribution is 2.38. The normalized spacial score (nSPS) is 21.6. The number of nitrogens with zero attached hydrogens (tertiary/aromatic N) is 5. The smallest absolute Gasteiger partial charge is 0.295 e. The fraction of sp³-hybridized carbons (Fsp3) is 0.409. The van der Waals surface area contributed by atoms with Crippen LogP contribution in [0.25, 0.3) is 5.76 Å². The quantitative estimate of drug-likeness (QED) is 0.435. The van der Waals surface area contributed by atoms with Crippen molar-refractivity contribution in [3.8, 4) is 0 Å². The monoisotopic (exact) mass is 423 g/mol. The number of aliphatic hydroxyl groups is 1. The van der Waals surface area contributed by atoms with Crippen molar-refractivity contribution in [2.24, 2.45) is 0 Å². The molecule has 4 heterocycles. The molecule has 0 saturated carbocycles. The van der Waals surface area contributed by atoms with E-state index in [1.54, 1.807) is 38.2 Å². The van der Waals surface area contributed by atoms with E-state index in [0.29, 0.717) is 49.1 Å². The van der Waals surface area contributed by atoms with Crippen molar-refractivity contribution in [1.82, 2.24) is 24.8 Å². The molecule has 1 N–H and O–H groups in total. The number of carbonyl (C=O) groups is 2. The molecule has 31 heavy (non-hydrogen) atoms. The number of Topliss-reactive ketones (excluding diaryl/α,β-unsaturated/α-hetero) is 1. The van der Waals surface area contributed by atoms with E-state index in [-0.39, 0.29) is 11.3 Å². The molecule has 2 aliphatic rings. The fourth-order valence-electron chi connectivity index (χ4n) is 3.99. The van der Waals surface area contributed by atoms with Crippen LogP contribution in [-0.4, -0.2) is 80.9 Å². The van der Waals surface area contributed by atoms with Crippen molar-refractivity contribution >= 4 is 17.4 Å². The molecule has 0 bridgehead atoms. The number of amides is 1. The van der Waals surface area contributed by atoms with E-state index >= 15 is 0 Å². The van der Waals surface area contributed by atoms with Crippen molar-refractivity contribution in [3.05, 3.63) is 58.9 Å². The Kier molecular flexibility index (Phi) is 6.06. The van der Waals surface area contributed by atoms with Crippen LogP contribution in [-0.2, 0) is 14.3 Å². The summed E-state index contributed by atoms with van der Waals surface area (Å²) in [6.45, 7) is 7.27. The number of rotatable bonds is 5. The summed E-state index contributed by atoms with van der Waals surface area (Å²) in [7, 11) is 0. The second kappa shape index (κ2) is 8.91. The van der Waals surface area contributed by atoms with Gasteiger partial charge in [-0.2, -0.15) is 0 Å². The highest BCUT2D eigenvalue weighted by molar-refractivity contribution is 6.46. The Labute approximate surface area is 180 Å². The van der Waals surface area contributed by atoms with Crippen LogP contribution >= 0.6 is 0 Å². The second-order valence-corrected chi connectivity index (χ2v) is 7.62. The van der Waals surface area contributed by atoms with Crippen LogP contribution in [0.15, 0.2) is 36.2 Å². The predicted molar refractivity (Wildman–Crippen MR) is 112 cm³/mol. The molecule has 9 heteroatoms. The van der Waals surface area contributed by atoms with Crippen molar-refractivity contribution in [1.29, 1.82) is 0 Å². The molecule has 9 nitrogen and oxygen atoms in total. The molecule has 0 spiro atoms. The molecule has 4 rings (SSSR count). The zero-order valence-corrected chi connectivity index (χ0v) is 17.6. The topological polar surface area (TPSA) is 109 Å². The van der Waals surface area contributed by atoms with Crippen LogP contribution in [0.3, 0.4) is 0 Å². The van der Waals surface area contributed by atoms with Gasteiger partial charge in [-0.05, 0) is 26.0 Å². The van der Waals surface area contributed by atoms with E-state index in [4.69, 9.17) is 4.74 Å². The number of aryl methyl sites for hydroxylation is 2. The lowest BCUT2D eigenvalue weighted by Crippen LogP contribution is -2.42. The summed E-state index contributed by atoms with van der Waals surface area (Å²) in [5, 5.41) is 11.1. The minimum Gasteiger partial charge on any atom is -0.507 e. The Bertz CT molecular complexity index is 1020. The Balaban J connectivity index is 1.74. The van der Waals surface area contributed by atoms with Crippen LogP contribution in [0.2, 0.25) is 0 Å². The maximum Gasteiger partial charge on any atom is 0.295 e. The summed E-state index contributed by atoms with van der Waals surface area (Å²) in [6.07, 6.45) is 3.08. The number of hydrogen-bond donors (Lipinski definition) is 1. The number of ketones is 1. The highest BCUT2D eigenvalue weighted by Gasteiger charge is 2.46. The maximum absolute atomic E-state index is 13.0. The Morgan fingerprint density at radius 1 is 1.16 bits per heavy atom. The minimum absolute atomic E-state index is 0.0150. The standard InChI is InChI=1S/C22H25N5O4/c1-14-16(13-24-15(2)25-14)20(28)18-19(17-5-3-4-6-23-17)27(22(30)21(18)29)8-7-26-9-11-31-12-10-26/h3-6,13,19,28H,7-12H2,1-2H3/b20-18+. The van der Waals surface area contributed by atoms with Crippen molar-refractivity contribution < 1.29 is 19.4 Å². The van der Waals surface area contributed by atoms with Crippen LogP contribution in [0.5, 0.6) is 0 Å². The summed E-state index contributed by atoms with van der Waals surface area (Å²) in [5.41, 5.74) is 1.40. The van der Waals surface area contributed by atoms with Gasteiger partial charge in [-0.25, -0.2) is 9.97 Å². The summed E-state index contributed by atoms with van der Waals surface area (Å²) in [5.74, 6) is -1.09. The molecule has 162 valence electrons. The van der Waals surface area contributed by atoms with Gasteiger partial charge in [0, 0.05) is 38.6 Å². The van der Waals surface area contributed by atoms with Gasteiger partial charge in [0.05, 0.1) is 35.7 Å². The average Bonchev–Trinajstić information content (AvgIpc) is 3.03. The van der Waals surface area contributed by atoms with Gasteiger partial charge in [0.2, 0.25) is 0 Å². The zero-order chi connectivity index (χ0) is 22.0. The van der Waals surface area contributed by atoms with E-state index in [9.17, 15) is 14.7 Å². The lowest BCUT2D eigenvalue weighted by Gasteiger charge is -2.30. The Morgan fingerprint density at radius 2 is 1.94 bits per heavy atom. The molecule has 2 fully saturated rings. The van der Waals surface area contributed by atoms with Gasteiger partial charge >= 0.3 is 0 Å². The van der Waals surface area contributed by atoms with Gasteiger partial charge in [-0.3, -0.25) is 19.5 Å². The third-order valence-corrected chi connectivity index (χ3v) is 5.62. The molecular weight excluding hydrogens is 398 g/mol. The number of likely N-dealkylation sites (tertiary alicyclic amines) is 1. The second-order valence-electron chi connectivity index (χ2n) is 7.62. The van der Waals surface area contributed by atoms with Gasteiger partial charge in [-0.1, -0.05) is 6.07 Å². The number of ether oxygens (including phenoxy) is 1. The van der Waals surface area contributed by atoms with Crippen LogP contribution < -0.4 is 0 Å². The first-order valence-corrected chi connectivity index (χ1v) is 10.3. The average molecular weight is 423 g/mol. The lowest BCUT2D eigenvalue weighted by molar-refractivity contribution is -0.140. The minimum atomic E-state index is -0.775. The molecule has 2 saturated heterocycles. The number of aliphatic hydroxyl groups excluding tert-OH is 1. The summed E-state index contributed by atoms with van der Waals surface area (Å²) < 4.78 is 5.38. The third kappa shape index (κ3) is 4.19. The molecule has 0 aromatic carbocycles. The molecule has 2 aromatic rings. The first kappa shape index (κ1) is 21.1. The molecule has 0 radical (unpaired) electrons. The number of aromatic nitrogens is 3. The number of pyridine rings is 1. The predicted octanol–water partition coefficient (Wildman–Crippen LogP) is 1.24. The van der Waals surface area contributed by atoms with Gasteiger partial charge in [0.15, 0.2) is 0 Å². The van der Waals surface area contributed by atoms with Gasteiger partial charge in [0.25, 0.3) is 11.7 Å². The van der Waals surface area contributed by atoms with Crippen LogP contribution in [0.4, 0.5) is 0 Å². The Morgan fingerprint density at radius 3 is 2.61 bits per heavy atom. The zero-order valence-electron chi connectivity index (χ0n) is 17.6. The first-order valence-electron chi connectivity index (χ1n) is 10.3. The van der Waals surface area contributed by atoms with Crippen LogP contribution in [0, 0.1) is 13.8 Å². The summed E-state index contributed by atoms with van der Waals surface area (Å²) in [4.78, 5) is 42.5. The molecule has 1 atom stereocenters. The van der Waals surface area contributed by atoms with Crippen LogP contribution in [0.1, 0.15) is 28.8 Å². The van der Waals surface area contributed by atoms with Crippen molar-refractivity contribution in [2.45, 2.75) is 19.9 Å². The number of carbonyl (C=O) groups excluding carboxylic acids is 2. The molecule has 0 aliphatic carbocycles. The molecule has 2 aromatic heterocycles. The lowest BCUT2D eigenvalue weighted by atomic mass is 9.98. The van der Waals surface area contributed by atoms with Gasteiger partial charge in [0.1, 0.15) is 17.6 Å². The fourth-order valence-corrected chi connectivity index (χ4v) is 3.99. The van der Waals surface area contributed by atoms with Gasteiger partial charge < -0.3 is 14.7 Å². The maximum atomic E-state index is 13.0. The third-order valence-electron chi connectivity index (χ3n) is 5.62. The summed E-state index contributed by atoms with van der Waals surface area (Å²) in [6, 6.07) is 4.54.